The highest BCUT2D eigenvalue weighted by molar-refractivity contribution is 5.30. The van der Waals surface area contributed by atoms with E-state index in [-0.39, 0.29) is 11.2 Å². The lowest BCUT2D eigenvalue weighted by atomic mass is 9.67. The van der Waals surface area contributed by atoms with E-state index in [0.29, 0.717) is 18.4 Å². The van der Waals surface area contributed by atoms with E-state index in [1.165, 1.54) is 18.6 Å². The number of hydrogen-bond acceptors (Lipinski definition) is 3. The van der Waals surface area contributed by atoms with Gasteiger partial charge in [-0.3, -0.25) is 0 Å². The van der Waals surface area contributed by atoms with Crippen molar-refractivity contribution in [3.05, 3.63) is 29.8 Å². The minimum absolute atomic E-state index is 0.107. The lowest BCUT2D eigenvalue weighted by molar-refractivity contribution is -0.0499. The SMILES string of the molecule is NCC1(C(O)c2ccc(OC(F)F)cc2)CC2CCC1C2. The summed E-state index contributed by atoms with van der Waals surface area (Å²) in [5.41, 5.74) is 6.48. The zero-order valence-corrected chi connectivity index (χ0v) is 11.8. The molecule has 2 saturated carbocycles. The maximum Gasteiger partial charge on any atom is 0.387 e. The standard InChI is InChI=1S/C16H21F2NO2/c17-15(18)21-13-5-2-11(3-6-13)14(20)16(9-19)8-10-1-4-12(16)7-10/h2-3,5-6,10,12,14-15,20H,1,4,7-9,19H2. The first-order valence-electron chi connectivity index (χ1n) is 7.48. The molecule has 0 heterocycles. The molecular weight excluding hydrogens is 276 g/mol. The zero-order chi connectivity index (χ0) is 15.0. The van der Waals surface area contributed by atoms with Crippen molar-refractivity contribution in [2.24, 2.45) is 23.0 Å². The fourth-order valence-corrected chi connectivity index (χ4v) is 4.35. The molecule has 0 aliphatic heterocycles. The van der Waals surface area contributed by atoms with Crippen molar-refractivity contribution in [3.63, 3.8) is 0 Å². The van der Waals surface area contributed by atoms with Gasteiger partial charge in [-0.1, -0.05) is 18.6 Å². The van der Waals surface area contributed by atoms with Crippen molar-refractivity contribution in [1.82, 2.24) is 0 Å². The summed E-state index contributed by atoms with van der Waals surface area (Å²) in [4.78, 5) is 0. The van der Waals surface area contributed by atoms with Crippen LogP contribution in [0, 0.1) is 17.3 Å². The van der Waals surface area contributed by atoms with Gasteiger partial charge in [0, 0.05) is 12.0 Å². The van der Waals surface area contributed by atoms with E-state index in [1.807, 2.05) is 0 Å². The summed E-state index contributed by atoms with van der Waals surface area (Å²) in [6, 6.07) is 6.27. The predicted molar refractivity (Wildman–Crippen MR) is 75.0 cm³/mol. The molecule has 4 atom stereocenters. The summed E-state index contributed by atoms with van der Waals surface area (Å²) >= 11 is 0. The fourth-order valence-electron chi connectivity index (χ4n) is 4.35. The van der Waals surface area contributed by atoms with Crippen LogP contribution in [0.25, 0.3) is 0 Å². The molecule has 2 fully saturated rings. The lowest BCUT2D eigenvalue weighted by Crippen LogP contribution is -2.41. The van der Waals surface area contributed by atoms with Gasteiger partial charge in [-0.05, 0) is 48.8 Å². The van der Waals surface area contributed by atoms with E-state index in [9.17, 15) is 13.9 Å². The van der Waals surface area contributed by atoms with Crippen LogP contribution in [0.3, 0.4) is 0 Å². The Morgan fingerprint density at radius 3 is 2.48 bits per heavy atom. The second-order valence-corrected chi connectivity index (χ2v) is 6.37. The number of benzene rings is 1. The summed E-state index contributed by atoms with van der Waals surface area (Å²) in [7, 11) is 0. The van der Waals surface area contributed by atoms with Gasteiger partial charge in [0.2, 0.25) is 0 Å². The van der Waals surface area contributed by atoms with Crippen LogP contribution in [-0.4, -0.2) is 18.3 Å². The molecule has 2 bridgehead atoms. The summed E-state index contributed by atoms with van der Waals surface area (Å²) in [6.07, 6.45) is 3.84. The van der Waals surface area contributed by atoms with Crippen LogP contribution < -0.4 is 10.5 Å². The number of fused-ring (bicyclic) bond motifs is 2. The summed E-state index contributed by atoms with van der Waals surface area (Å²) in [6.45, 7) is -2.37. The Hall–Kier alpha value is -1.20. The normalized spacial score (nSPS) is 32.6. The lowest BCUT2D eigenvalue weighted by Gasteiger charge is -2.41. The van der Waals surface area contributed by atoms with E-state index in [4.69, 9.17) is 5.73 Å². The van der Waals surface area contributed by atoms with Gasteiger partial charge in [0.25, 0.3) is 0 Å². The van der Waals surface area contributed by atoms with Gasteiger partial charge in [0.1, 0.15) is 5.75 Å². The molecule has 3 nitrogen and oxygen atoms in total. The Labute approximate surface area is 123 Å². The van der Waals surface area contributed by atoms with E-state index < -0.39 is 12.7 Å². The highest BCUT2D eigenvalue weighted by Gasteiger charge is 2.54. The largest absolute Gasteiger partial charge is 0.435 e. The predicted octanol–water partition coefficient (Wildman–Crippen LogP) is 3.09. The third-order valence-corrected chi connectivity index (χ3v) is 5.37. The van der Waals surface area contributed by atoms with Crippen molar-refractivity contribution in [1.29, 1.82) is 0 Å². The third kappa shape index (κ3) is 2.53. The average Bonchev–Trinajstić information content (AvgIpc) is 3.07. The molecular formula is C16H21F2NO2. The molecule has 3 rings (SSSR count). The van der Waals surface area contributed by atoms with E-state index in [2.05, 4.69) is 4.74 Å². The molecule has 116 valence electrons. The molecule has 0 aromatic heterocycles. The van der Waals surface area contributed by atoms with Gasteiger partial charge in [-0.25, -0.2) is 0 Å². The molecule has 0 spiro atoms. The summed E-state index contributed by atoms with van der Waals surface area (Å²) in [5.74, 6) is 1.25. The number of hydrogen-bond donors (Lipinski definition) is 2. The van der Waals surface area contributed by atoms with Gasteiger partial charge in [-0.2, -0.15) is 8.78 Å². The number of ether oxygens (including phenoxy) is 1. The highest BCUT2D eigenvalue weighted by atomic mass is 19.3. The van der Waals surface area contributed by atoms with Gasteiger partial charge in [-0.15, -0.1) is 0 Å². The Kier molecular flexibility index (Phi) is 3.88. The molecule has 2 aliphatic rings. The van der Waals surface area contributed by atoms with Crippen LogP contribution in [0.4, 0.5) is 8.78 Å². The van der Waals surface area contributed by atoms with Crippen LogP contribution in [0.2, 0.25) is 0 Å². The minimum atomic E-state index is -2.83. The molecule has 0 amide bonds. The second kappa shape index (κ2) is 5.54. The fraction of sp³-hybridized carbons (Fsp3) is 0.625. The molecule has 21 heavy (non-hydrogen) atoms. The molecule has 4 unspecified atom stereocenters. The van der Waals surface area contributed by atoms with Crippen LogP contribution in [-0.2, 0) is 0 Å². The summed E-state index contributed by atoms with van der Waals surface area (Å²) in [5, 5.41) is 10.8. The Morgan fingerprint density at radius 2 is 2.00 bits per heavy atom. The number of aliphatic hydroxyl groups is 1. The molecule has 1 aromatic rings. The Bertz CT molecular complexity index is 494. The van der Waals surface area contributed by atoms with Crippen LogP contribution in [0.1, 0.15) is 37.4 Å². The van der Waals surface area contributed by atoms with Gasteiger partial charge >= 0.3 is 6.61 Å². The molecule has 0 radical (unpaired) electrons. The van der Waals surface area contributed by atoms with Crippen molar-refractivity contribution in [3.8, 4) is 5.75 Å². The van der Waals surface area contributed by atoms with Crippen molar-refractivity contribution in [2.75, 3.05) is 6.54 Å². The van der Waals surface area contributed by atoms with Crippen molar-refractivity contribution in [2.45, 2.75) is 38.4 Å². The first kappa shape index (κ1) is 14.7. The molecule has 3 N–H and O–H groups in total. The topological polar surface area (TPSA) is 55.5 Å². The van der Waals surface area contributed by atoms with Gasteiger partial charge < -0.3 is 15.6 Å². The van der Waals surface area contributed by atoms with Crippen molar-refractivity contribution < 1.29 is 18.6 Å². The number of aliphatic hydroxyl groups excluding tert-OH is 1. The zero-order valence-electron chi connectivity index (χ0n) is 11.8. The quantitative estimate of drug-likeness (QED) is 0.878. The maximum atomic E-state index is 12.2. The maximum absolute atomic E-state index is 12.2. The first-order chi connectivity index (χ1) is 10.0. The van der Waals surface area contributed by atoms with E-state index in [1.54, 1.807) is 12.1 Å². The third-order valence-electron chi connectivity index (χ3n) is 5.37. The van der Waals surface area contributed by atoms with E-state index >= 15 is 0 Å². The molecule has 1 aromatic carbocycles. The van der Waals surface area contributed by atoms with Gasteiger partial charge in [0.05, 0.1) is 6.10 Å². The van der Waals surface area contributed by atoms with Gasteiger partial charge in [0.15, 0.2) is 0 Å². The number of nitrogens with two attached hydrogens (primary N) is 1. The first-order valence-corrected chi connectivity index (χ1v) is 7.48. The van der Waals surface area contributed by atoms with Crippen LogP contribution >= 0.6 is 0 Å². The van der Waals surface area contributed by atoms with Crippen LogP contribution in [0.5, 0.6) is 5.75 Å². The molecule has 5 heteroatoms. The molecule has 2 aliphatic carbocycles. The number of alkyl halides is 2. The summed E-state index contributed by atoms with van der Waals surface area (Å²) < 4.78 is 28.6. The number of rotatable bonds is 5. The molecule has 0 saturated heterocycles. The second-order valence-electron chi connectivity index (χ2n) is 6.37. The highest BCUT2D eigenvalue weighted by Crippen LogP contribution is 2.60. The smallest absolute Gasteiger partial charge is 0.387 e. The minimum Gasteiger partial charge on any atom is -0.435 e. The Balaban J connectivity index is 1.79. The van der Waals surface area contributed by atoms with Crippen molar-refractivity contribution >= 4 is 0 Å². The monoisotopic (exact) mass is 297 g/mol. The average molecular weight is 297 g/mol. The van der Waals surface area contributed by atoms with Crippen LogP contribution in [0.15, 0.2) is 24.3 Å². The van der Waals surface area contributed by atoms with E-state index in [0.717, 1.165) is 24.8 Å². The number of halogens is 2. The Morgan fingerprint density at radius 1 is 1.29 bits per heavy atom.